The van der Waals surface area contributed by atoms with Crippen LogP contribution in [-0.2, 0) is 11.1 Å². The van der Waals surface area contributed by atoms with E-state index in [4.69, 9.17) is 0 Å². The smallest absolute Gasteiger partial charge is 0.768 e. The van der Waals surface area contributed by atoms with Gasteiger partial charge in [0.25, 0.3) is 0 Å². The first-order chi connectivity index (χ1) is 9.75. The van der Waals surface area contributed by atoms with E-state index >= 15 is 0 Å². The van der Waals surface area contributed by atoms with Crippen LogP contribution in [0, 0.1) is 41.4 Å². The van der Waals surface area contributed by atoms with Crippen LogP contribution in [0.2, 0.25) is 0 Å². The third kappa shape index (κ3) is 2.07. The summed E-state index contributed by atoms with van der Waals surface area (Å²) < 4.78 is 76.4. The second-order valence-corrected chi connectivity index (χ2v) is 8.35. The van der Waals surface area contributed by atoms with Gasteiger partial charge in [0.2, 0.25) is 0 Å². The number of halogens is 4. The first-order valence-electron chi connectivity index (χ1n) is 7.60. The van der Waals surface area contributed by atoms with Crippen molar-refractivity contribution in [1.82, 2.24) is 0 Å². The Morgan fingerprint density at radius 2 is 1.50 bits per heavy atom. The van der Waals surface area contributed by atoms with Gasteiger partial charge in [-0.05, 0) is 67.6 Å². The fraction of sp³-hybridized carbons (Fsp3) is 1.00. The van der Waals surface area contributed by atoms with E-state index in [1.165, 1.54) is 0 Å². The summed E-state index contributed by atoms with van der Waals surface area (Å²) in [6, 6.07) is 0. The largest absolute Gasteiger partial charge is 1.00 e. The summed E-state index contributed by atoms with van der Waals surface area (Å²) in [5.41, 5.74) is 0. The molecule has 4 bridgehead atoms. The quantitative estimate of drug-likeness (QED) is 0.321. The van der Waals surface area contributed by atoms with Crippen LogP contribution >= 0.6 is 0 Å². The minimum atomic E-state index is -4.96. The molecule has 0 N–H and O–H groups in total. The predicted octanol–water partition coefficient (Wildman–Crippen LogP) is 0.416. The van der Waals surface area contributed by atoms with E-state index in [9.17, 15) is 26.3 Å². The van der Waals surface area contributed by atoms with Crippen molar-refractivity contribution in [3.8, 4) is 0 Å². The third-order valence-electron chi connectivity index (χ3n) is 6.80. The Kier molecular flexibility index (Phi) is 4.34. The van der Waals surface area contributed by atoms with Gasteiger partial charge in [0.05, 0.1) is 0 Å². The topological polar surface area (TPSA) is 40.1 Å². The minimum absolute atomic E-state index is 0. The summed E-state index contributed by atoms with van der Waals surface area (Å²) in [5.74, 6) is -4.68. The first-order valence-corrected chi connectivity index (χ1v) is 8.67. The number of alkyl halides is 4. The molecule has 0 aromatic heterocycles. The van der Waals surface area contributed by atoms with Crippen molar-refractivity contribution < 1.29 is 55.9 Å². The van der Waals surface area contributed by atoms with Gasteiger partial charge < -0.3 is 4.55 Å². The molecule has 0 amide bonds. The molecule has 4 fully saturated rings. The molecule has 4 aliphatic rings. The second kappa shape index (κ2) is 5.41. The number of rotatable bonds is 3. The average Bonchev–Trinajstić information content (AvgIpc) is 3.15. The minimum Gasteiger partial charge on any atom is -0.768 e. The molecule has 22 heavy (non-hydrogen) atoms. The molecule has 0 aliphatic heterocycles. The fourth-order valence-corrected chi connectivity index (χ4v) is 6.68. The first kappa shape index (κ1) is 17.6. The summed E-state index contributed by atoms with van der Waals surface area (Å²) in [5, 5.41) is -4.96. The van der Waals surface area contributed by atoms with Gasteiger partial charge in [-0.25, -0.2) is 0 Å². The molecule has 8 unspecified atom stereocenters. The third-order valence-corrected chi connectivity index (χ3v) is 7.49. The van der Waals surface area contributed by atoms with Crippen molar-refractivity contribution in [2.75, 3.05) is 0 Å². The van der Waals surface area contributed by atoms with Gasteiger partial charge >= 0.3 is 40.7 Å². The molecule has 2 nitrogen and oxygen atoms in total. The molecule has 8 heteroatoms. The van der Waals surface area contributed by atoms with Crippen LogP contribution in [0.1, 0.15) is 32.1 Å². The van der Waals surface area contributed by atoms with Crippen LogP contribution in [0.15, 0.2) is 0 Å². The van der Waals surface area contributed by atoms with E-state index in [-0.39, 0.29) is 47.8 Å². The maximum atomic E-state index is 14.2. The SMILES string of the molecule is O=S([O-])C(F)(F)C(F)(F)C1CC2CC1C1C3CCC(C3)C21.[Na+]. The zero-order chi connectivity index (χ0) is 15.2. The summed E-state index contributed by atoms with van der Waals surface area (Å²) >= 11 is -4.08. The van der Waals surface area contributed by atoms with Gasteiger partial charge in [-0.2, -0.15) is 17.6 Å². The van der Waals surface area contributed by atoms with E-state index in [0.29, 0.717) is 24.2 Å². The van der Waals surface area contributed by atoms with Crippen molar-refractivity contribution in [2.24, 2.45) is 41.4 Å². The summed E-state index contributed by atoms with van der Waals surface area (Å²) in [7, 11) is 0. The van der Waals surface area contributed by atoms with Crippen molar-refractivity contribution in [3.63, 3.8) is 0 Å². The Balaban J connectivity index is 0.00000144. The average molecular weight is 348 g/mol. The van der Waals surface area contributed by atoms with Crippen LogP contribution in [0.25, 0.3) is 0 Å². The van der Waals surface area contributed by atoms with E-state index in [0.717, 1.165) is 19.3 Å². The number of hydrogen-bond donors (Lipinski definition) is 0. The fourth-order valence-electron chi connectivity index (χ4n) is 6.31. The van der Waals surface area contributed by atoms with Crippen molar-refractivity contribution >= 4 is 11.1 Å². The molecule has 0 aromatic rings. The van der Waals surface area contributed by atoms with Crippen LogP contribution in [0.4, 0.5) is 17.6 Å². The summed E-state index contributed by atoms with van der Waals surface area (Å²) in [6.07, 6.45) is 3.89. The van der Waals surface area contributed by atoms with Gasteiger partial charge in [-0.3, -0.25) is 4.21 Å². The molecule has 0 spiro atoms. The molecule has 4 rings (SSSR count). The van der Waals surface area contributed by atoms with Crippen LogP contribution < -0.4 is 29.6 Å². The molecular weight excluding hydrogens is 331 g/mol. The van der Waals surface area contributed by atoms with Crippen LogP contribution in [0.3, 0.4) is 0 Å². The maximum absolute atomic E-state index is 14.2. The molecule has 0 radical (unpaired) electrons. The van der Waals surface area contributed by atoms with Gasteiger partial charge in [-0.15, -0.1) is 0 Å². The Morgan fingerprint density at radius 1 is 0.909 bits per heavy atom. The van der Waals surface area contributed by atoms with E-state index in [1.54, 1.807) is 0 Å². The second-order valence-electron chi connectivity index (χ2n) is 7.36. The molecule has 0 saturated heterocycles. The number of fused-ring (bicyclic) bond motifs is 9. The normalized spacial score (nSPS) is 47.4. The standard InChI is InChI=1S/C14H18F4O2S.Na/c15-13(16,14(17,18)21(19)20)10-5-8-4-9(10)12-7-2-1-6(3-7)11(8)12;/h6-12H,1-5H2,(H,19,20);/q;+1/p-1. The van der Waals surface area contributed by atoms with Crippen molar-refractivity contribution in [2.45, 2.75) is 43.3 Å². The zero-order valence-corrected chi connectivity index (χ0v) is 15.1. The molecule has 120 valence electrons. The molecule has 0 aromatic carbocycles. The number of hydrogen-bond acceptors (Lipinski definition) is 2. The molecule has 4 aliphatic carbocycles. The van der Waals surface area contributed by atoms with Gasteiger partial charge in [-0.1, -0.05) is 0 Å². The van der Waals surface area contributed by atoms with Gasteiger partial charge in [0.15, 0.2) is 0 Å². The van der Waals surface area contributed by atoms with Crippen LogP contribution in [0.5, 0.6) is 0 Å². The molecule has 4 saturated carbocycles. The molecule has 8 atom stereocenters. The van der Waals surface area contributed by atoms with Gasteiger partial charge in [0, 0.05) is 17.0 Å². The van der Waals surface area contributed by atoms with E-state index < -0.39 is 34.1 Å². The van der Waals surface area contributed by atoms with E-state index in [1.807, 2.05) is 0 Å². The zero-order valence-electron chi connectivity index (χ0n) is 12.3. The van der Waals surface area contributed by atoms with Gasteiger partial charge in [0.1, 0.15) is 0 Å². The summed E-state index contributed by atoms with van der Waals surface area (Å²) in [4.78, 5) is 0. The molecular formula is C14H17F4NaO2S. The molecule has 0 heterocycles. The van der Waals surface area contributed by atoms with Crippen molar-refractivity contribution in [3.05, 3.63) is 0 Å². The Bertz CT molecular complexity index is 503. The Hall–Kier alpha value is 0.830. The maximum Gasteiger partial charge on any atom is 1.00 e. The monoisotopic (exact) mass is 348 g/mol. The Labute approximate surface area is 151 Å². The van der Waals surface area contributed by atoms with Crippen LogP contribution in [-0.4, -0.2) is 19.9 Å². The van der Waals surface area contributed by atoms with Crippen molar-refractivity contribution in [1.29, 1.82) is 0 Å². The predicted molar refractivity (Wildman–Crippen MR) is 66.3 cm³/mol. The Morgan fingerprint density at radius 3 is 2.09 bits per heavy atom. The summed E-state index contributed by atoms with van der Waals surface area (Å²) in [6.45, 7) is 0. The van der Waals surface area contributed by atoms with E-state index in [2.05, 4.69) is 0 Å².